The second-order valence-corrected chi connectivity index (χ2v) is 9.38. The van der Waals surface area contributed by atoms with Crippen molar-refractivity contribution in [1.29, 1.82) is 0 Å². The summed E-state index contributed by atoms with van der Waals surface area (Å²) in [7, 11) is 1.68. The topological polar surface area (TPSA) is 63.5 Å². The lowest BCUT2D eigenvalue weighted by Gasteiger charge is -2.36. The summed E-state index contributed by atoms with van der Waals surface area (Å²) in [6.45, 7) is 7.02. The average Bonchev–Trinajstić information content (AvgIpc) is 3.53. The van der Waals surface area contributed by atoms with E-state index in [1.54, 1.807) is 24.6 Å². The zero-order valence-corrected chi connectivity index (χ0v) is 19.9. The summed E-state index contributed by atoms with van der Waals surface area (Å²) in [4.78, 5) is 23.8. The van der Waals surface area contributed by atoms with E-state index in [-0.39, 0.29) is 11.9 Å². The number of benzene rings is 1. The van der Waals surface area contributed by atoms with Crippen LogP contribution < -0.4 is 9.64 Å². The van der Waals surface area contributed by atoms with Gasteiger partial charge in [-0.3, -0.25) is 4.79 Å². The Balaban J connectivity index is 1.44. The third-order valence-corrected chi connectivity index (χ3v) is 6.94. The van der Waals surface area contributed by atoms with Gasteiger partial charge in [-0.25, -0.2) is 9.67 Å². The van der Waals surface area contributed by atoms with Gasteiger partial charge in [-0.1, -0.05) is 12.1 Å². The van der Waals surface area contributed by atoms with Gasteiger partial charge in [-0.15, -0.1) is 11.3 Å². The molecule has 4 aromatic rings. The molecule has 0 saturated carbocycles. The number of thiophene rings is 1. The van der Waals surface area contributed by atoms with Crippen molar-refractivity contribution in [2.75, 3.05) is 38.2 Å². The van der Waals surface area contributed by atoms with Crippen LogP contribution in [0.5, 0.6) is 5.75 Å². The molecule has 0 radical (unpaired) electrons. The van der Waals surface area contributed by atoms with Gasteiger partial charge < -0.3 is 14.5 Å². The Morgan fingerprint density at radius 2 is 1.91 bits per heavy atom. The van der Waals surface area contributed by atoms with E-state index in [2.05, 4.69) is 29.9 Å². The molecule has 3 aromatic heterocycles. The molecule has 1 aliphatic rings. The Morgan fingerprint density at radius 3 is 2.61 bits per heavy atom. The van der Waals surface area contributed by atoms with E-state index in [1.807, 2.05) is 51.4 Å². The number of hydrogen-bond donors (Lipinski definition) is 0. The summed E-state index contributed by atoms with van der Waals surface area (Å²) in [5.74, 6) is 0.877. The van der Waals surface area contributed by atoms with Crippen LogP contribution in [0.2, 0.25) is 0 Å². The maximum absolute atomic E-state index is 13.7. The molecule has 0 aliphatic carbocycles. The number of carbonyl (C=O) groups excluding carboxylic acids is 1. The van der Waals surface area contributed by atoms with Crippen LogP contribution in [0.1, 0.15) is 30.2 Å². The molecular formula is C25H27N5O2S. The van der Waals surface area contributed by atoms with Crippen molar-refractivity contribution in [2.45, 2.75) is 19.9 Å². The minimum Gasteiger partial charge on any atom is -0.497 e. The molecule has 0 unspecified atom stereocenters. The summed E-state index contributed by atoms with van der Waals surface area (Å²) in [5.41, 5.74) is 3.36. The van der Waals surface area contributed by atoms with Crippen molar-refractivity contribution in [1.82, 2.24) is 19.7 Å². The van der Waals surface area contributed by atoms with Crippen molar-refractivity contribution >= 4 is 34.0 Å². The van der Waals surface area contributed by atoms with Crippen molar-refractivity contribution in [3.8, 4) is 16.3 Å². The van der Waals surface area contributed by atoms with Crippen LogP contribution in [0, 0.1) is 0 Å². The standard InChI is InChI=1S/C25H27N5O2S/c1-17(2)30-24-21(16-26-30)20(15-22(27-24)23-8-5-13-33-23)25(31)29-11-9-28(10-12-29)18-6-4-7-19(14-18)32-3/h4-8,13-17H,9-12H2,1-3H3. The number of amides is 1. The number of ether oxygens (including phenoxy) is 1. The maximum atomic E-state index is 13.7. The van der Waals surface area contributed by atoms with E-state index in [0.717, 1.165) is 46.1 Å². The van der Waals surface area contributed by atoms with Crippen LogP contribution in [-0.2, 0) is 0 Å². The highest BCUT2D eigenvalue weighted by atomic mass is 32.1. The summed E-state index contributed by atoms with van der Waals surface area (Å²) >= 11 is 1.62. The SMILES string of the molecule is COc1cccc(N2CCN(C(=O)c3cc(-c4cccs4)nc4c3cnn4C(C)C)CC2)c1. The number of piperazine rings is 1. The van der Waals surface area contributed by atoms with Crippen LogP contribution in [0.3, 0.4) is 0 Å². The lowest BCUT2D eigenvalue weighted by molar-refractivity contribution is 0.0748. The number of rotatable bonds is 5. The zero-order chi connectivity index (χ0) is 22.9. The molecule has 5 rings (SSSR count). The van der Waals surface area contributed by atoms with Gasteiger partial charge in [-0.2, -0.15) is 5.10 Å². The van der Waals surface area contributed by atoms with Gasteiger partial charge in [0.05, 0.1) is 34.8 Å². The molecular weight excluding hydrogens is 434 g/mol. The number of hydrogen-bond acceptors (Lipinski definition) is 6. The van der Waals surface area contributed by atoms with Gasteiger partial charge in [0, 0.05) is 44.0 Å². The highest BCUT2D eigenvalue weighted by molar-refractivity contribution is 7.13. The third-order valence-electron chi connectivity index (χ3n) is 6.05. The molecule has 8 heteroatoms. The van der Waals surface area contributed by atoms with Crippen LogP contribution in [0.4, 0.5) is 5.69 Å². The maximum Gasteiger partial charge on any atom is 0.254 e. The predicted octanol–water partition coefficient (Wildman–Crippen LogP) is 4.71. The molecule has 1 aliphatic heterocycles. The quantitative estimate of drug-likeness (QED) is 0.431. The van der Waals surface area contributed by atoms with E-state index in [0.29, 0.717) is 18.7 Å². The molecule has 0 atom stereocenters. The second-order valence-electron chi connectivity index (χ2n) is 8.43. The lowest BCUT2D eigenvalue weighted by Crippen LogP contribution is -2.48. The highest BCUT2D eigenvalue weighted by Gasteiger charge is 2.26. The fourth-order valence-corrected chi connectivity index (χ4v) is 4.95. The zero-order valence-electron chi connectivity index (χ0n) is 19.1. The minimum atomic E-state index is 0.0359. The van der Waals surface area contributed by atoms with Crippen LogP contribution in [-0.4, -0.2) is 58.9 Å². The molecule has 4 heterocycles. The molecule has 1 amide bonds. The number of nitrogens with zero attached hydrogens (tertiary/aromatic N) is 5. The van der Waals surface area contributed by atoms with E-state index < -0.39 is 0 Å². The Kier molecular flexibility index (Phi) is 5.76. The van der Waals surface area contributed by atoms with Gasteiger partial charge in [0.15, 0.2) is 5.65 Å². The van der Waals surface area contributed by atoms with Gasteiger partial charge in [0.1, 0.15) is 5.75 Å². The van der Waals surface area contributed by atoms with Crippen molar-refractivity contribution < 1.29 is 9.53 Å². The largest absolute Gasteiger partial charge is 0.497 e. The van der Waals surface area contributed by atoms with E-state index >= 15 is 0 Å². The van der Waals surface area contributed by atoms with Crippen LogP contribution in [0.15, 0.2) is 54.0 Å². The van der Waals surface area contributed by atoms with Gasteiger partial charge >= 0.3 is 0 Å². The first-order valence-corrected chi connectivity index (χ1v) is 12.0. The number of pyridine rings is 1. The Hall–Kier alpha value is -3.39. The molecule has 170 valence electrons. The summed E-state index contributed by atoms with van der Waals surface area (Å²) in [6, 6.07) is 14.2. The Bertz CT molecular complexity index is 1270. The van der Waals surface area contributed by atoms with Gasteiger partial charge in [0.25, 0.3) is 5.91 Å². The highest BCUT2D eigenvalue weighted by Crippen LogP contribution is 2.30. The molecule has 1 fully saturated rings. The number of methoxy groups -OCH3 is 1. The number of aromatic nitrogens is 3. The fourth-order valence-electron chi connectivity index (χ4n) is 4.27. The van der Waals surface area contributed by atoms with Gasteiger partial charge in [0.2, 0.25) is 0 Å². The molecule has 33 heavy (non-hydrogen) atoms. The predicted molar refractivity (Wildman–Crippen MR) is 132 cm³/mol. The van der Waals surface area contributed by atoms with Crippen LogP contribution >= 0.6 is 11.3 Å². The molecule has 1 aromatic carbocycles. The first-order chi connectivity index (χ1) is 16.0. The summed E-state index contributed by atoms with van der Waals surface area (Å²) in [6.07, 6.45) is 1.78. The summed E-state index contributed by atoms with van der Waals surface area (Å²) < 4.78 is 7.25. The Morgan fingerprint density at radius 1 is 1.09 bits per heavy atom. The van der Waals surface area contributed by atoms with Crippen molar-refractivity contribution in [3.05, 3.63) is 59.6 Å². The molecule has 0 bridgehead atoms. The summed E-state index contributed by atoms with van der Waals surface area (Å²) in [5, 5.41) is 7.38. The van der Waals surface area contributed by atoms with E-state index in [9.17, 15) is 4.79 Å². The second kappa shape index (κ2) is 8.86. The number of fused-ring (bicyclic) bond motifs is 1. The third kappa shape index (κ3) is 4.06. The lowest BCUT2D eigenvalue weighted by atomic mass is 10.1. The molecule has 0 spiro atoms. The number of carbonyl (C=O) groups is 1. The van der Waals surface area contributed by atoms with Crippen molar-refractivity contribution in [3.63, 3.8) is 0 Å². The number of anilines is 1. The van der Waals surface area contributed by atoms with E-state index in [1.165, 1.54) is 0 Å². The Labute approximate surface area is 197 Å². The first-order valence-electron chi connectivity index (χ1n) is 11.2. The minimum absolute atomic E-state index is 0.0359. The molecule has 1 saturated heterocycles. The van der Waals surface area contributed by atoms with Crippen LogP contribution in [0.25, 0.3) is 21.6 Å². The normalized spacial score (nSPS) is 14.3. The van der Waals surface area contributed by atoms with Crippen molar-refractivity contribution in [2.24, 2.45) is 0 Å². The molecule has 7 nitrogen and oxygen atoms in total. The molecule has 0 N–H and O–H groups in total. The average molecular weight is 462 g/mol. The smallest absolute Gasteiger partial charge is 0.254 e. The monoisotopic (exact) mass is 461 g/mol. The first kappa shape index (κ1) is 21.5. The fraction of sp³-hybridized carbons (Fsp3) is 0.320. The van der Waals surface area contributed by atoms with Gasteiger partial charge in [-0.05, 0) is 43.5 Å². The van der Waals surface area contributed by atoms with E-state index in [4.69, 9.17) is 9.72 Å².